The predicted molar refractivity (Wildman–Crippen MR) is 42.8 cm³/mol. The van der Waals surface area contributed by atoms with Crippen LogP contribution in [0.15, 0.2) is 6.20 Å². The number of aromatic nitrogens is 2. The van der Waals surface area contributed by atoms with Crippen molar-refractivity contribution < 1.29 is 9.72 Å². The Morgan fingerprint density at radius 2 is 2.46 bits per heavy atom. The molecule has 1 amide bonds. The molecule has 0 aromatic carbocycles. The lowest BCUT2D eigenvalue weighted by molar-refractivity contribution is -0.385. The van der Waals surface area contributed by atoms with Gasteiger partial charge in [0.25, 0.3) is 0 Å². The zero-order chi connectivity index (χ0) is 10.0. The lowest BCUT2D eigenvalue weighted by Gasteiger charge is -1.96. The van der Waals surface area contributed by atoms with E-state index in [0.717, 1.165) is 6.20 Å². The molecule has 0 bridgehead atoms. The molecular formula is C6H8N4O3. The molecule has 0 unspecified atom stereocenters. The van der Waals surface area contributed by atoms with Gasteiger partial charge in [-0.3, -0.25) is 19.6 Å². The monoisotopic (exact) mass is 184 g/mol. The first-order valence-corrected chi connectivity index (χ1v) is 3.46. The van der Waals surface area contributed by atoms with Crippen LogP contribution in [0.4, 0.5) is 5.69 Å². The summed E-state index contributed by atoms with van der Waals surface area (Å²) in [6.07, 6.45) is 0.922. The molecule has 0 fully saturated rings. The van der Waals surface area contributed by atoms with Gasteiger partial charge < -0.3 is 5.73 Å². The van der Waals surface area contributed by atoms with Crippen molar-refractivity contribution in [1.29, 1.82) is 0 Å². The second-order valence-electron chi connectivity index (χ2n) is 2.50. The van der Waals surface area contributed by atoms with Crippen molar-refractivity contribution in [3.05, 3.63) is 22.0 Å². The number of nitro groups is 1. The van der Waals surface area contributed by atoms with E-state index in [1.54, 1.807) is 0 Å². The Morgan fingerprint density at radius 3 is 2.92 bits per heavy atom. The highest BCUT2D eigenvalue weighted by molar-refractivity contribution is 5.77. The van der Waals surface area contributed by atoms with Crippen molar-refractivity contribution in [3.8, 4) is 0 Å². The molecule has 1 aromatic heterocycles. The molecule has 0 saturated heterocycles. The number of nitrogens with two attached hydrogens (primary N) is 1. The summed E-state index contributed by atoms with van der Waals surface area (Å²) in [4.78, 5) is 20.4. The van der Waals surface area contributed by atoms with Gasteiger partial charge >= 0.3 is 5.69 Å². The van der Waals surface area contributed by atoms with Crippen LogP contribution in [0.5, 0.6) is 0 Å². The Morgan fingerprint density at radius 1 is 1.85 bits per heavy atom. The molecule has 7 nitrogen and oxygen atoms in total. The zero-order valence-electron chi connectivity index (χ0n) is 6.93. The molecule has 1 heterocycles. The van der Waals surface area contributed by atoms with Crippen molar-refractivity contribution in [3.63, 3.8) is 0 Å². The SMILES string of the molecule is Cn1ncc([N+](=O)[O-])c1CC(N)=O. The third-order valence-electron chi connectivity index (χ3n) is 1.58. The quantitative estimate of drug-likeness (QED) is 0.498. The van der Waals surface area contributed by atoms with E-state index in [9.17, 15) is 14.9 Å². The first-order chi connectivity index (χ1) is 6.02. The summed E-state index contributed by atoms with van der Waals surface area (Å²) in [5.41, 5.74) is 4.96. The lowest BCUT2D eigenvalue weighted by atomic mass is 10.2. The summed E-state index contributed by atoms with van der Waals surface area (Å²) >= 11 is 0. The average Bonchev–Trinajstić information content (AvgIpc) is 2.32. The number of hydrogen-bond acceptors (Lipinski definition) is 4. The Balaban J connectivity index is 3.08. The van der Waals surface area contributed by atoms with Crippen molar-refractivity contribution in [2.75, 3.05) is 0 Å². The second kappa shape index (κ2) is 3.21. The fourth-order valence-electron chi connectivity index (χ4n) is 0.974. The van der Waals surface area contributed by atoms with Gasteiger partial charge in [0.1, 0.15) is 11.9 Å². The van der Waals surface area contributed by atoms with E-state index in [4.69, 9.17) is 5.73 Å². The van der Waals surface area contributed by atoms with E-state index < -0.39 is 10.8 Å². The van der Waals surface area contributed by atoms with Gasteiger partial charge in [-0.1, -0.05) is 0 Å². The van der Waals surface area contributed by atoms with Crippen LogP contribution in [0, 0.1) is 10.1 Å². The third-order valence-corrected chi connectivity index (χ3v) is 1.58. The van der Waals surface area contributed by atoms with Crippen molar-refractivity contribution in [1.82, 2.24) is 9.78 Å². The Kier molecular flexibility index (Phi) is 2.27. The van der Waals surface area contributed by atoms with Gasteiger partial charge in [0.15, 0.2) is 0 Å². The number of carbonyl (C=O) groups is 1. The van der Waals surface area contributed by atoms with Gasteiger partial charge in [-0.2, -0.15) is 5.10 Å². The maximum Gasteiger partial charge on any atom is 0.310 e. The number of primary amides is 1. The van der Waals surface area contributed by atoms with Gasteiger partial charge in [0.05, 0.1) is 11.3 Å². The van der Waals surface area contributed by atoms with E-state index in [2.05, 4.69) is 5.10 Å². The minimum atomic E-state index is -0.619. The molecule has 0 aliphatic rings. The zero-order valence-corrected chi connectivity index (χ0v) is 6.93. The second-order valence-corrected chi connectivity index (χ2v) is 2.50. The molecule has 0 atom stereocenters. The van der Waals surface area contributed by atoms with E-state index in [1.165, 1.54) is 11.7 Å². The predicted octanol–water partition coefficient (Wildman–Crippen LogP) is -0.644. The van der Waals surface area contributed by atoms with Crippen LogP contribution in [0.1, 0.15) is 5.69 Å². The summed E-state index contributed by atoms with van der Waals surface area (Å²) in [5, 5.41) is 14.1. The molecule has 0 aliphatic heterocycles. The van der Waals surface area contributed by atoms with Crippen LogP contribution < -0.4 is 5.73 Å². The number of amides is 1. The summed E-state index contributed by atoms with van der Waals surface area (Å²) in [6.45, 7) is 0. The highest BCUT2D eigenvalue weighted by atomic mass is 16.6. The molecule has 1 aromatic rings. The highest BCUT2D eigenvalue weighted by Gasteiger charge is 2.19. The molecule has 13 heavy (non-hydrogen) atoms. The minimum Gasteiger partial charge on any atom is -0.369 e. The van der Waals surface area contributed by atoms with Gasteiger partial charge in [0, 0.05) is 7.05 Å². The summed E-state index contributed by atoms with van der Waals surface area (Å²) in [7, 11) is 1.52. The van der Waals surface area contributed by atoms with Crippen molar-refractivity contribution in [2.45, 2.75) is 6.42 Å². The maximum atomic E-state index is 10.6. The Labute approximate surface area is 73.3 Å². The van der Waals surface area contributed by atoms with Crippen LogP contribution in [-0.2, 0) is 18.3 Å². The van der Waals surface area contributed by atoms with Crippen LogP contribution >= 0.6 is 0 Å². The van der Waals surface area contributed by atoms with E-state index in [1.807, 2.05) is 0 Å². The van der Waals surface area contributed by atoms with E-state index in [0.29, 0.717) is 0 Å². The topological polar surface area (TPSA) is 104 Å². The number of rotatable bonds is 3. The number of carbonyl (C=O) groups excluding carboxylic acids is 1. The molecule has 0 radical (unpaired) electrons. The van der Waals surface area contributed by atoms with Gasteiger partial charge in [0.2, 0.25) is 5.91 Å². The first-order valence-electron chi connectivity index (χ1n) is 3.46. The molecule has 0 aliphatic carbocycles. The molecular weight excluding hydrogens is 176 g/mol. The average molecular weight is 184 g/mol. The van der Waals surface area contributed by atoms with Gasteiger partial charge in [-0.15, -0.1) is 0 Å². The minimum absolute atomic E-state index is 0.174. The molecule has 7 heteroatoms. The molecule has 2 N–H and O–H groups in total. The summed E-state index contributed by atoms with van der Waals surface area (Å²) in [5.74, 6) is -0.619. The maximum absolute atomic E-state index is 10.6. The first kappa shape index (κ1) is 9.17. The van der Waals surface area contributed by atoms with Crippen molar-refractivity contribution >= 4 is 11.6 Å². The third kappa shape index (κ3) is 1.81. The van der Waals surface area contributed by atoms with Crippen molar-refractivity contribution in [2.24, 2.45) is 12.8 Å². The van der Waals surface area contributed by atoms with E-state index >= 15 is 0 Å². The van der Waals surface area contributed by atoms with Crippen LogP contribution in [0.25, 0.3) is 0 Å². The Hall–Kier alpha value is -1.92. The van der Waals surface area contributed by atoms with Gasteiger partial charge in [-0.25, -0.2) is 0 Å². The molecule has 0 saturated carbocycles. The number of aryl methyl sites for hydroxylation is 1. The summed E-state index contributed by atoms with van der Waals surface area (Å²) in [6, 6.07) is 0. The summed E-state index contributed by atoms with van der Waals surface area (Å²) < 4.78 is 1.27. The smallest absolute Gasteiger partial charge is 0.310 e. The molecule has 1 rings (SSSR count). The van der Waals surface area contributed by atoms with Gasteiger partial charge in [-0.05, 0) is 0 Å². The van der Waals surface area contributed by atoms with Crippen LogP contribution in [0.3, 0.4) is 0 Å². The van der Waals surface area contributed by atoms with E-state index in [-0.39, 0.29) is 17.8 Å². The number of nitrogens with zero attached hydrogens (tertiary/aromatic N) is 3. The highest BCUT2D eigenvalue weighted by Crippen LogP contribution is 2.16. The molecule has 0 spiro atoms. The largest absolute Gasteiger partial charge is 0.369 e. The van der Waals surface area contributed by atoms with Crippen LogP contribution in [0.2, 0.25) is 0 Å². The Bertz CT molecular complexity index is 357. The standard InChI is InChI=1S/C6H8N4O3/c1-9-4(2-6(7)11)5(3-8-9)10(12)13/h3H,2H2,1H3,(H2,7,11). The normalized spacial score (nSPS) is 9.92. The lowest BCUT2D eigenvalue weighted by Crippen LogP contribution is -2.16. The fourth-order valence-corrected chi connectivity index (χ4v) is 0.974. The molecule has 70 valence electrons. The number of hydrogen-bond donors (Lipinski definition) is 1. The fraction of sp³-hybridized carbons (Fsp3) is 0.333. The van der Waals surface area contributed by atoms with Crippen LogP contribution in [-0.4, -0.2) is 20.6 Å².